The Bertz CT molecular complexity index is 1260. The van der Waals surface area contributed by atoms with Crippen LogP contribution < -0.4 is 15.0 Å². The van der Waals surface area contributed by atoms with Crippen molar-refractivity contribution in [3.8, 4) is 22.9 Å². The summed E-state index contributed by atoms with van der Waals surface area (Å²) in [5.74, 6) is 2.46. The van der Waals surface area contributed by atoms with E-state index in [9.17, 15) is 4.79 Å². The van der Waals surface area contributed by atoms with Gasteiger partial charge in [-0.15, -0.1) is 28.1 Å². The van der Waals surface area contributed by atoms with Crippen LogP contribution in [0.5, 0.6) is 11.5 Å². The van der Waals surface area contributed by atoms with E-state index in [0.717, 1.165) is 5.56 Å². The highest BCUT2D eigenvalue weighted by atomic mass is 32.2. The Morgan fingerprint density at radius 1 is 1.20 bits per heavy atom. The zero-order valence-electron chi connectivity index (χ0n) is 16.4. The maximum absolute atomic E-state index is 12.2. The predicted molar refractivity (Wildman–Crippen MR) is 118 cm³/mol. The lowest BCUT2D eigenvalue weighted by molar-refractivity contribution is 0.355. The number of ether oxygens (including phenoxy) is 2. The highest BCUT2D eigenvalue weighted by Crippen LogP contribution is 2.33. The Labute approximate surface area is 180 Å². The van der Waals surface area contributed by atoms with Crippen LogP contribution in [0, 0.1) is 0 Å². The van der Waals surface area contributed by atoms with Gasteiger partial charge in [0.15, 0.2) is 27.4 Å². The molecule has 154 valence electrons. The lowest BCUT2D eigenvalue weighted by Crippen LogP contribution is -2.12. The molecule has 3 heterocycles. The molecule has 0 aliphatic carbocycles. The number of nitrogens with zero attached hydrogens (tertiary/aromatic N) is 5. The van der Waals surface area contributed by atoms with Crippen LogP contribution in [-0.2, 0) is 12.3 Å². The fraction of sp³-hybridized carbons (Fsp3) is 0.200. The summed E-state index contributed by atoms with van der Waals surface area (Å²) < 4.78 is 14.2. The van der Waals surface area contributed by atoms with Gasteiger partial charge in [0.05, 0.1) is 19.9 Å². The van der Waals surface area contributed by atoms with E-state index in [0.29, 0.717) is 45.4 Å². The third-order valence-corrected chi connectivity index (χ3v) is 6.13. The van der Waals surface area contributed by atoms with Crippen molar-refractivity contribution in [2.45, 2.75) is 17.5 Å². The van der Waals surface area contributed by atoms with Crippen molar-refractivity contribution in [2.24, 2.45) is 0 Å². The van der Waals surface area contributed by atoms with Crippen LogP contribution in [0.4, 0.5) is 0 Å². The van der Waals surface area contributed by atoms with Gasteiger partial charge in [-0.25, -0.2) is 4.98 Å². The van der Waals surface area contributed by atoms with Gasteiger partial charge in [0.25, 0.3) is 5.56 Å². The molecule has 30 heavy (non-hydrogen) atoms. The zero-order valence-corrected chi connectivity index (χ0v) is 18.1. The SMILES string of the molecule is C=CCn1c(SCc2cc(=O)n3ccsc3n2)nnc1-c1ccc(OC)c(OC)c1. The predicted octanol–water partition coefficient (Wildman–Crippen LogP) is 3.51. The van der Waals surface area contributed by atoms with Crippen LogP contribution in [0.3, 0.4) is 0 Å². The number of benzene rings is 1. The van der Waals surface area contributed by atoms with Crippen molar-refractivity contribution in [2.75, 3.05) is 14.2 Å². The summed E-state index contributed by atoms with van der Waals surface area (Å²) in [5.41, 5.74) is 1.47. The molecule has 0 radical (unpaired) electrons. The van der Waals surface area contributed by atoms with E-state index in [-0.39, 0.29) is 5.56 Å². The molecular formula is C20H19N5O3S2. The smallest absolute Gasteiger partial charge is 0.258 e. The average Bonchev–Trinajstić information content (AvgIpc) is 3.39. The third-order valence-electron chi connectivity index (χ3n) is 4.38. The van der Waals surface area contributed by atoms with Gasteiger partial charge in [0.2, 0.25) is 0 Å². The van der Waals surface area contributed by atoms with Crippen LogP contribution in [-0.4, -0.2) is 38.4 Å². The quantitative estimate of drug-likeness (QED) is 0.306. The second-order valence-corrected chi connectivity index (χ2v) is 8.02. The number of aromatic nitrogens is 5. The number of allylic oxidation sites excluding steroid dienone is 1. The summed E-state index contributed by atoms with van der Waals surface area (Å²) >= 11 is 2.90. The van der Waals surface area contributed by atoms with Crippen molar-refractivity contribution >= 4 is 28.1 Å². The number of hydrogen-bond acceptors (Lipinski definition) is 8. The number of thiazole rings is 1. The molecule has 0 bridgehead atoms. The summed E-state index contributed by atoms with van der Waals surface area (Å²) in [6, 6.07) is 7.16. The van der Waals surface area contributed by atoms with Crippen LogP contribution in [0.25, 0.3) is 16.3 Å². The lowest BCUT2D eigenvalue weighted by atomic mass is 10.2. The van der Waals surface area contributed by atoms with Crippen molar-refractivity contribution in [3.63, 3.8) is 0 Å². The average molecular weight is 442 g/mol. The largest absolute Gasteiger partial charge is 0.493 e. The van der Waals surface area contributed by atoms with Crippen LogP contribution in [0.1, 0.15) is 5.69 Å². The summed E-state index contributed by atoms with van der Waals surface area (Å²) in [7, 11) is 3.19. The normalized spacial score (nSPS) is 11.0. The van der Waals surface area contributed by atoms with E-state index in [4.69, 9.17) is 9.47 Å². The standard InChI is InChI=1S/C20H19N5O3S2/c1-4-7-25-18(13-5-6-15(27-2)16(10-13)28-3)22-23-20(25)30-12-14-11-17(26)24-8-9-29-19(24)21-14/h4-6,8-11H,1,7,12H2,2-3H3. The van der Waals surface area contributed by atoms with Gasteiger partial charge < -0.3 is 9.47 Å². The molecule has 0 saturated carbocycles. The fourth-order valence-corrected chi connectivity index (χ4v) is 4.56. The molecule has 4 rings (SSSR count). The second-order valence-electron chi connectivity index (χ2n) is 6.21. The highest BCUT2D eigenvalue weighted by Gasteiger charge is 2.16. The van der Waals surface area contributed by atoms with Gasteiger partial charge in [-0.2, -0.15) is 0 Å². The molecule has 8 nitrogen and oxygen atoms in total. The Kier molecular flexibility index (Phi) is 5.86. The van der Waals surface area contributed by atoms with Crippen LogP contribution >= 0.6 is 23.1 Å². The zero-order chi connectivity index (χ0) is 21.1. The van der Waals surface area contributed by atoms with Gasteiger partial charge in [-0.1, -0.05) is 17.8 Å². The first-order valence-corrected chi connectivity index (χ1v) is 10.9. The van der Waals surface area contributed by atoms with Crippen molar-refractivity contribution < 1.29 is 9.47 Å². The number of rotatable bonds is 8. The van der Waals surface area contributed by atoms with E-state index in [1.807, 2.05) is 28.1 Å². The Balaban J connectivity index is 1.63. The Hall–Kier alpha value is -3.11. The van der Waals surface area contributed by atoms with Gasteiger partial charge >= 0.3 is 0 Å². The van der Waals surface area contributed by atoms with Crippen LogP contribution in [0.2, 0.25) is 0 Å². The van der Waals surface area contributed by atoms with E-state index in [1.54, 1.807) is 32.6 Å². The molecule has 3 aromatic heterocycles. The molecule has 10 heteroatoms. The maximum Gasteiger partial charge on any atom is 0.258 e. The minimum Gasteiger partial charge on any atom is -0.493 e. The lowest BCUT2D eigenvalue weighted by Gasteiger charge is -2.11. The van der Waals surface area contributed by atoms with Crippen molar-refractivity contribution in [1.29, 1.82) is 0 Å². The third kappa shape index (κ3) is 3.83. The minimum absolute atomic E-state index is 0.0876. The van der Waals surface area contributed by atoms with Gasteiger partial charge in [0, 0.05) is 35.5 Å². The molecule has 0 aliphatic rings. The molecule has 0 atom stereocenters. The van der Waals surface area contributed by atoms with E-state index in [2.05, 4.69) is 21.8 Å². The van der Waals surface area contributed by atoms with Crippen molar-refractivity contribution in [1.82, 2.24) is 24.1 Å². The first-order chi connectivity index (χ1) is 14.6. The molecule has 0 N–H and O–H groups in total. The number of methoxy groups -OCH3 is 2. The second kappa shape index (κ2) is 8.72. The number of fused-ring (bicyclic) bond motifs is 1. The first-order valence-electron chi connectivity index (χ1n) is 8.99. The fourth-order valence-electron chi connectivity index (χ4n) is 2.98. The summed E-state index contributed by atoms with van der Waals surface area (Å²) in [5, 5.41) is 11.3. The van der Waals surface area contributed by atoms with Crippen molar-refractivity contribution in [3.05, 3.63) is 64.5 Å². The van der Waals surface area contributed by atoms with E-state index < -0.39 is 0 Å². The maximum atomic E-state index is 12.2. The summed E-state index contributed by atoms with van der Waals surface area (Å²) in [6.45, 7) is 4.39. The topological polar surface area (TPSA) is 83.5 Å². The minimum atomic E-state index is -0.0876. The van der Waals surface area contributed by atoms with E-state index in [1.165, 1.54) is 27.5 Å². The first kappa shape index (κ1) is 20.2. The van der Waals surface area contributed by atoms with E-state index >= 15 is 0 Å². The molecule has 0 amide bonds. The highest BCUT2D eigenvalue weighted by molar-refractivity contribution is 7.98. The summed E-state index contributed by atoms with van der Waals surface area (Å²) in [4.78, 5) is 17.4. The molecule has 0 aliphatic heterocycles. The van der Waals surface area contributed by atoms with Gasteiger partial charge in [-0.3, -0.25) is 13.8 Å². The molecule has 0 saturated heterocycles. The number of thioether (sulfide) groups is 1. The van der Waals surface area contributed by atoms with Gasteiger partial charge in [-0.05, 0) is 18.2 Å². The molecule has 4 aromatic rings. The molecule has 0 unspecified atom stereocenters. The van der Waals surface area contributed by atoms with Crippen LogP contribution in [0.15, 0.2) is 58.4 Å². The van der Waals surface area contributed by atoms with Gasteiger partial charge in [0.1, 0.15) is 0 Å². The molecular weight excluding hydrogens is 422 g/mol. The molecule has 0 spiro atoms. The summed E-state index contributed by atoms with van der Waals surface area (Å²) in [6.07, 6.45) is 3.52. The monoisotopic (exact) mass is 441 g/mol. The Morgan fingerprint density at radius 3 is 2.80 bits per heavy atom. The number of hydrogen-bond donors (Lipinski definition) is 0. The molecule has 0 fully saturated rings. The molecule has 1 aromatic carbocycles. The Morgan fingerprint density at radius 2 is 2.03 bits per heavy atom.